The first-order valence-corrected chi connectivity index (χ1v) is 10.8. The normalized spacial score (nSPS) is 11.1. The molecule has 4 nitrogen and oxygen atoms in total. The van der Waals surface area contributed by atoms with Gasteiger partial charge in [-0.1, -0.05) is 75.6 Å². The summed E-state index contributed by atoms with van der Waals surface area (Å²) in [6, 6.07) is 12.0. The molecule has 0 aliphatic carbocycles. The van der Waals surface area contributed by atoms with E-state index in [4.69, 9.17) is 21.4 Å². The first-order valence-electron chi connectivity index (χ1n) is 10.4. The van der Waals surface area contributed by atoms with Gasteiger partial charge in [-0.3, -0.25) is 4.99 Å². The number of carboxylic acids is 1. The quantitative estimate of drug-likeness (QED) is 0.275. The molecule has 0 fully saturated rings. The predicted molar refractivity (Wildman–Crippen MR) is 120 cm³/mol. The lowest BCUT2D eigenvalue weighted by Crippen LogP contribution is -1.97. The molecule has 2 rings (SSSR count). The summed E-state index contributed by atoms with van der Waals surface area (Å²) in [6.45, 7) is 2.91. The van der Waals surface area contributed by atoms with E-state index in [1.807, 2.05) is 12.1 Å². The molecule has 5 heteroatoms. The molecule has 0 amide bonds. The summed E-state index contributed by atoms with van der Waals surface area (Å²) in [5, 5.41) is 9.47. The lowest BCUT2D eigenvalue weighted by molar-refractivity contribution is 0.0697. The number of hydrogen-bond donors (Lipinski definition) is 1. The third-order valence-electron chi connectivity index (χ3n) is 4.69. The molecule has 0 aliphatic rings. The molecule has 0 heterocycles. The summed E-state index contributed by atoms with van der Waals surface area (Å²) in [6.07, 6.45) is 11.8. The van der Waals surface area contributed by atoms with Gasteiger partial charge in [0.1, 0.15) is 5.75 Å². The van der Waals surface area contributed by atoms with Gasteiger partial charge in [-0.05, 0) is 42.3 Å². The van der Waals surface area contributed by atoms with Gasteiger partial charge in [0.25, 0.3) is 0 Å². The van der Waals surface area contributed by atoms with Crippen molar-refractivity contribution >= 4 is 29.5 Å². The molecule has 0 radical (unpaired) electrons. The Bertz CT molecular complexity index is 787. The van der Waals surface area contributed by atoms with Crippen LogP contribution >= 0.6 is 11.6 Å². The molecule has 29 heavy (non-hydrogen) atoms. The van der Waals surface area contributed by atoms with Crippen LogP contribution in [0.15, 0.2) is 47.5 Å². The molecule has 0 saturated heterocycles. The van der Waals surface area contributed by atoms with E-state index in [1.165, 1.54) is 44.9 Å². The van der Waals surface area contributed by atoms with Gasteiger partial charge < -0.3 is 9.84 Å². The number of aromatic carboxylic acids is 1. The smallest absolute Gasteiger partial charge is 0.335 e. The molecule has 2 aromatic rings. The Kier molecular flexibility index (Phi) is 10.3. The fraction of sp³-hybridized carbons (Fsp3) is 0.417. The SMILES string of the molecule is CCCCCCCCCCOc1ccc(N=Cc2ccc(C(=O)O)cc2)cc1Cl. The lowest BCUT2D eigenvalue weighted by atomic mass is 10.1. The minimum absolute atomic E-state index is 0.253. The molecule has 0 aromatic heterocycles. The second-order valence-electron chi connectivity index (χ2n) is 7.12. The van der Waals surface area contributed by atoms with E-state index < -0.39 is 5.97 Å². The number of carbonyl (C=O) groups is 1. The van der Waals surface area contributed by atoms with E-state index in [9.17, 15) is 4.79 Å². The highest BCUT2D eigenvalue weighted by molar-refractivity contribution is 6.32. The van der Waals surface area contributed by atoms with Crippen molar-refractivity contribution in [3.63, 3.8) is 0 Å². The van der Waals surface area contributed by atoms with Crippen molar-refractivity contribution in [1.29, 1.82) is 0 Å². The maximum Gasteiger partial charge on any atom is 0.335 e. The maximum absolute atomic E-state index is 10.9. The number of nitrogens with zero attached hydrogens (tertiary/aromatic N) is 1. The highest BCUT2D eigenvalue weighted by Gasteiger charge is 2.03. The number of benzene rings is 2. The molecule has 0 bridgehead atoms. The van der Waals surface area contributed by atoms with Crippen LogP contribution in [0.4, 0.5) is 5.69 Å². The van der Waals surface area contributed by atoms with Crippen molar-refractivity contribution in [1.82, 2.24) is 0 Å². The van der Waals surface area contributed by atoms with E-state index in [2.05, 4.69) is 11.9 Å². The Morgan fingerprint density at radius 2 is 1.66 bits per heavy atom. The van der Waals surface area contributed by atoms with E-state index in [0.29, 0.717) is 17.4 Å². The largest absolute Gasteiger partial charge is 0.492 e. The molecule has 2 aromatic carbocycles. The highest BCUT2D eigenvalue weighted by atomic mass is 35.5. The number of aliphatic imine (C=N–C) groups is 1. The second kappa shape index (κ2) is 13.0. The van der Waals surface area contributed by atoms with E-state index in [0.717, 1.165) is 17.7 Å². The van der Waals surface area contributed by atoms with Crippen LogP contribution in [-0.4, -0.2) is 23.9 Å². The molecule has 0 atom stereocenters. The number of ether oxygens (including phenoxy) is 1. The Morgan fingerprint density at radius 3 is 2.28 bits per heavy atom. The third-order valence-corrected chi connectivity index (χ3v) is 4.99. The molecular weight excluding hydrogens is 386 g/mol. The van der Waals surface area contributed by atoms with Crippen LogP contribution in [0.2, 0.25) is 5.02 Å². The zero-order valence-electron chi connectivity index (χ0n) is 17.1. The Hall–Kier alpha value is -2.33. The monoisotopic (exact) mass is 415 g/mol. The van der Waals surface area contributed by atoms with E-state index in [-0.39, 0.29) is 5.56 Å². The van der Waals surface area contributed by atoms with Crippen LogP contribution in [0.1, 0.15) is 74.2 Å². The number of halogens is 1. The van der Waals surface area contributed by atoms with Crippen molar-refractivity contribution in [2.45, 2.75) is 58.3 Å². The van der Waals surface area contributed by atoms with Crippen LogP contribution in [0.25, 0.3) is 0 Å². The predicted octanol–water partition coefficient (Wildman–Crippen LogP) is 7.31. The van der Waals surface area contributed by atoms with Gasteiger partial charge in [0.05, 0.1) is 22.9 Å². The number of rotatable bonds is 13. The van der Waals surface area contributed by atoms with Crippen LogP contribution in [0, 0.1) is 0 Å². The Balaban J connectivity index is 1.74. The minimum Gasteiger partial charge on any atom is -0.492 e. The molecule has 156 valence electrons. The van der Waals surface area contributed by atoms with Crippen LogP contribution in [0.5, 0.6) is 5.75 Å². The van der Waals surface area contributed by atoms with Crippen molar-refractivity contribution in [2.75, 3.05) is 6.61 Å². The fourth-order valence-corrected chi connectivity index (χ4v) is 3.20. The van der Waals surface area contributed by atoms with Crippen molar-refractivity contribution in [3.05, 3.63) is 58.6 Å². The van der Waals surface area contributed by atoms with Crippen LogP contribution in [-0.2, 0) is 0 Å². The van der Waals surface area contributed by atoms with Crippen LogP contribution < -0.4 is 4.74 Å². The average Bonchev–Trinajstić information content (AvgIpc) is 2.72. The summed E-state index contributed by atoms with van der Waals surface area (Å²) in [5.41, 5.74) is 1.79. The van der Waals surface area contributed by atoms with E-state index >= 15 is 0 Å². The van der Waals surface area contributed by atoms with Crippen LogP contribution in [0.3, 0.4) is 0 Å². The zero-order valence-corrected chi connectivity index (χ0v) is 17.8. The van der Waals surface area contributed by atoms with Gasteiger partial charge >= 0.3 is 5.97 Å². The van der Waals surface area contributed by atoms with Gasteiger partial charge in [-0.25, -0.2) is 4.79 Å². The standard InChI is InChI=1S/C24H30ClNO3/c1-2-3-4-5-6-7-8-9-16-29-23-15-14-21(17-22(23)25)26-18-19-10-12-20(13-11-19)24(27)28/h10-15,17-18H,2-9,16H2,1H3,(H,27,28). The van der Waals surface area contributed by atoms with Gasteiger partial charge in [-0.15, -0.1) is 0 Å². The summed E-state index contributed by atoms with van der Waals surface area (Å²) < 4.78 is 5.80. The van der Waals surface area contributed by atoms with Crippen molar-refractivity contribution < 1.29 is 14.6 Å². The summed E-state index contributed by atoms with van der Waals surface area (Å²) in [7, 11) is 0. The number of hydrogen-bond acceptors (Lipinski definition) is 3. The van der Waals surface area contributed by atoms with Gasteiger partial charge in [0.2, 0.25) is 0 Å². The fourth-order valence-electron chi connectivity index (χ4n) is 2.97. The molecule has 0 spiro atoms. The summed E-state index contributed by atoms with van der Waals surface area (Å²) in [5.74, 6) is -0.262. The Labute approximate surface area is 178 Å². The summed E-state index contributed by atoms with van der Waals surface area (Å²) >= 11 is 6.31. The lowest BCUT2D eigenvalue weighted by Gasteiger charge is -2.08. The van der Waals surface area contributed by atoms with Crippen molar-refractivity contribution in [3.8, 4) is 5.75 Å². The van der Waals surface area contributed by atoms with Gasteiger partial charge in [0.15, 0.2) is 0 Å². The van der Waals surface area contributed by atoms with Gasteiger partial charge in [0, 0.05) is 6.21 Å². The van der Waals surface area contributed by atoms with Gasteiger partial charge in [-0.2, -0.15) is 0 Å². The van der Waals surface area contributed by atoms with Crippen molar-refractivity contribution in [2.24, 2.45) is 4.99 Å². The second-order valence-corrected chi connectivity index (χ2v) is 7.53. The Morgan fingerprint density at radius 1 is 1.00 bits per heavy atom. The average molecular weight is 416 g/mol. The molecular formula is C24H30ClNO3. The molecule has 0 saturated carbocycles. The first-order chi connectivity index (χ1) is 14.1. The van der Waals surface area contributed by atoms with E-state index in [1.54, 1.807) is 36.5 Å². The maximum atomic E-state index is 10.9. The third kappa shape index (κ3) is 8.70. The molecule has 0 unspecified atom stereocenters. The number of unbranched alkanes of at least 4 members (excludes halogenated alkanes) is 7. The first kappa shape index (κ1) is 23.0. The topological polar surface area (TPSA) is 58.9 Å². The number of carboxylic acid groups (broad SMARTS) is 1. The molecule has 0 aliphatic heterocycles. The molecule has 1 N–H and O–H groups in total. The minimum atomic E-state index is -0.942. The highest BCUT2D eigenvalue weighted by Crippen LogP contribution is 2.29. The summed E-state index contributed by atoms with van der Waals surface area (Å²) in [4.78, 5) is 15.3. The zero-order chi connectivity index (χ0) is 20.9.